The van der Waals surface area contributed by atoms with Crippen LogP contribution in [-0.4, -0.2) is 35.4 Å². The van der Waals surface area contributed by atoms with Crippen molar-refractivity contribution in [2.45, 2.75) is 51.7 Å². The van der Waals surface area contributed by atoms with Crippen molar-refractivity contribution in [1.29, 1.82) is 0 Å². The lowest BCUT2D eigenvalue weighted by atomic mass is 9.87. The molecule has 1 aliphatic rings. The molecular weight excluding hydrogens is 486 g/mol. The van der Waals surface area contributed by atoms with Crippen LogP contribution in [0.4, 0.5) is 10.5 Å². The summed E-state index contributed by atoms with van der Waals surface area (Å²) in [5.74, 6) is 0.530. The molecule has 0 bridgehead atoms. The van der Waals surface area contributed by atoms with Crippen LogP contribution in [0.5, 0.6) is 5.75 Å². The van der Waals surface area contributed by atoms with Crippen molar-refractivity contribution in [3.05, 3.63) is 58.9 Å². The Balaban J connectivity index is 1.41. The Morgan fingerprint density at radius 3 is 2.72 bits per heavy atom. The summed E-state index contributed by atoms with van der Waals surface area (Å²) in [6.07, 6.45) is 3.43. The van der Waals surface area contributed by atoms with Crippen LogP contribution in [0, 0.1) is 12.8 Å². The van der Waals surface area contributed by atoms with Crippen molar-refractivity contribution in [2.24, 2.45) is 5.92 Å². The maximum absolute atomic E-state index is 12.6. The zero-order valence-corrected chi connectivity index (χ0v) is 21.1. The van der Waals surface area contributed by atoms with E-state index >= 15 is 0 Å². The van der Waals surface area contributed by atoms with E-state index < -0.39 is 12.2 Å². The van der Waals surface area contributed by atoms with Crippen LogP contribution in [0.15, 0.2) is 47.1 Å². The van der Waals surface area contributed by atoms with Gasteiger partial charge in [-0.15, -0.1) is 0 Å². The van der Waals surface area contributed by atoms with Crippen LogP contribution in [-0.2, 0) is 14.3 Å². The van der Waals surface area contributed by atoms with Crippen LogP contribution >= 0.6 is 11.6 Å². The van der Waals surface area contributed by atoms with E-state index in [0.29, 0.717) is 45.6 Å². The molecule has 1 aliphatic carbocycles. The molecule has 1 aromatic carbocycles. The van der Waals surface area contributed by atoms with Gasteiger partial charge in [0.05, 0.1) is 25.3 Å². The van der Waals surface area contributed by atoms with Gasteiger partial charge in [0.2, 0.25) is 5.76 Å². The Kier molecular flexibility index (Phi) is 8.10. The first-order chi connectivity index (χ1) is 17.4. The highest BCUT2D eigenvalue weighted by Gasteiger charge is 2.29. The molecule has 1 N–H and O–H groups in total. The number of hydrogen-bond donors (Lipinski definition) is 1. The van der Waals surface area contributed by atoms with E-state index in [2.05, 4.69) is 15.5 Å². The number of aromatic nitrogens is 2. The molecule has 0 radical (unpaired) electrons. The highest BCUT2D eigenvalue weighted by atomic mass is 35.5. The summed E-state index contributed by atoms with van der Waals surface area (Å²) in [7, 11) is 1.41. The molecule has 4 rings (SSSR count). The fourth-order valence-electron chi connectivity index (χ4n) is 4.26. The number of benzene rings is 1. The number of amides is 1. The minimum Gasteiger partial charge on any atom is -0.489 e. The molecule has 9 nitrogen and oxygen atoms in total. The number of rotatable bonds is 7. The number of nitrogens with one attached hydrogen (secondary N) is 1. The number of nitrogens with zero attached hydrogens (tertiary/aromatic N) is 2. The third kappa shape index (κ3) is 5.96. The van der Waals surface area contributed by atoms with Crippen molar-refractivity contribution in [2.75, 3.05) is 12.4 Å². The summed E-state index contributed by atoms with van der Waals surface area (Å²) in [4.78, 5) is 28.9. The standard InChI is InChI=1S/C26H28ClN3O6/c1-15-23(29-26(32)34-16(2)20-9-4-5-10-21(20)27)24(36-30-15)22-12-11-19(14-28-22)35-18-8-6-7-17(13-18)25(31)33-3/h4-5,9-12,14,16-18H,6-8,13H2,1-3H3,(H,29,32)/t16-,17+,18+/m1/s1. The van der Waals surface area contributed by atoms with E-state index in [1.54, 1.807) is 44.3 Å². The first-order valence-electron chi connectivity index (χ1n) is 11.7. The van der Waals surface area contributed by atoms with Crippen molar-refractivity contribution >= 4 is 29.4 Å². The second-order valence-electron chi connectivity index (χ2n) is 8.67. The first kappa shape index (κ1) is 25.5. The highest BCUT2D eigenvalue weighted by Crippen LogP contribution is 2.33. The molecule has 190 valence electrons. The van der Waals surface area contributed by atoms with Gasteiger partial charge in [-0.2, -0.15) is 0 Å². The Morgan fingerprint density at radius 1 is 1.19 bits per heavy atom. The number of carbonyl (C=O) groups excluding carboxylic acids is 2. The third-order valence-corrected chi connectivity index (χ3v) is 6.49. The lowest BCUT2D eigenvalue weighted by molar-refractivity contribution is -0.147. The van der Waals surface area contributed by atoms with Crippen LogP contribution < -0.4 is 10.1 Å². The monoisotopic (exact) mass is 513 g/mol. The average molecular weight is 514 g/mol. The molecule has 0 aliphatic heterocycles. The summed E-state index contributed by atoms with van der Waals surface area (Å²) in [5.41, 5.74) is 2.00. The van der Waals surface area contributed by atoms with Crippen LogP contribution in [0.1, 0.15) is 50.0 Å². The molecule has 0 saturated heterocycles. The van der Waals surface area contributed by atoms with Crippen molar-refractivity contribution in [3.63, 3.8) is 0 Å². The van der Waals surface area contributed by atoms with Gasteiger partial charge in [-0.25, -0.2) is 9.78 Å². The van der Waals surface area contributed by atoms with Gasteiger partial charge < -0.3 is 18.7 Å². The highest BCUT2D eigenvalue weighted by molar-refractivity contribution is 6.31. The van der Waals surface area contributed by atoms with Crippen molar-refractivity contribution < 1.29 is 28.3 Å². The number of pyridine rings is 1. The summed E-state index contributed by atoms with van der Waals surface area (Å²) in [5, 5.41) is 7.18. The number of esters is 1. The Bertz CT molecular complexity index is 1210. The molecule has 36 heavy (non-hydrogen) atoms. The largest absolute Gasteiger partial charge is 0.489 e. The Morgan fingerprint density at radius 2 is 2.00 bits per heavy atom. The Labute approximate surface area is 214 Å². The van der Waals surface area contributed by atoms with Gasteiger partial charge in [0, 0.05) is 10.6 Å². The van der Waals surface area contributed by atoms with Gasteiger partial charge in [-0.1, -0.05) is 35.0 Å². The Hall–Kier alpha value is -3.59. The molecule has 2 aromatic heterocycles. The number of anilines is 1. The third-order valence-electron chi connectivity index (χ3n) is 6.15. The number of hydrogen-bond acceptors (Lipinski definition) is 8. The molecule has 1 saturated carbocycles. The number of carbonyl (C=O) groups is 2. The molecule has 3 atom stereocenters. The van der Waals surface area contributed by atoms with Crippen molar-refractivity contribution in [1.82, 2.24) is 10.1 Å². The lowest BCUT2D eigenvalue weighted by Gasteiger charge is -2.27. The maximum atomic E-state index is 12.6. The SMILES string of the molecule is COC(=O)[C@H]1CCC[C@H](Oc2ccc(-c3onc(C)c3NC(=O)O[C@H](C)c3ccccc3Cl)nc2)C1. The van der Waals surface area contributed by atoms with E-state index in [1.807, 2.05) is 12.1 Å². The van der Waals surface area contributed by atoms with Gasteiger partial charge in [-0.3, -0.25) is 10.1 Å². The molecule has 2 heterocycles. The van der Waals surface area contributed by atoms with Gasteiger partial charge >= 0.3 is 12.1 Å². The molecule has 1 amide bonds. The first-order valence-corrected chi connectivity index (χ1v) is 12.1. The number of ether oxygens (including phenoxy) is 3. The van der Waals surface area contributed by atoms with E-state index in [4.69, 9.17) is 30.3 Å². The molecule has 3 aromatic rings. The van der Waals surface area contributed by atoms with E-state index in [0.717, 1.165) is 19.3 Å². The van der Waals surface area contributed by atoms with Crippen LogP contribution in [0.2, 0.25) is 5.02 Å². The molecular formula is C26H28ClN3O6. The zero-order chi connectivity index (χ0) is 25.7. The number of aryl methyl sites for hydroxylation is 1. The van der Waals surface area contributed by atoms with Gasteiger partial charge in [0.25, 0.3) is 0 Å². The molecule has 10 heteroatoms. The zero-order valence-electron chi connectivity index (χ0n) is 20.3. The quantitative estimate of drug-likeness (QED) is 0.376. The smallest absolute Gasteiger partial charge is 0.412 e. The molecule has 0 spiro atoms. The molecule has 1 fully saturated rings. The summed E-state index contributed by atoms with van der Waals surface area (Å²) in [6, 6.07) is 10.7. The van der Waals surface area contributed by atoms with E-state index in [1.165, 1.54) is 7.11 Å². The lowest BCUT2D eigenvalue weighted by Crippen LogP contribution is -2.30. The maximum Gasteiger partial charge on any atom is 0.412 e. The van der Waals surface area contributed by atoms with E-state index in [-0.39, 0.29) is 18.0 Å². The number of halogens is 1. The minimum absolute atomic E-state index is 0.0878. The second-order valence-corrected chi connectivity index (χ2v) is 9.08. The second kappa shape index (κ2) is 11.4. The fourth-order valence-corrected chi connectivity index (χ4v) is 4.55. The van der Waals surface area contributed by atoms with Gasteiger partial charge in [0.15, 0.2) is 0 Å². The summed E-state index contributed by atoms with van der Waals surface area (Å²) < 4.78 is 21.9. The average Bonchev–Trinajstić information content (AvgIpc) is 3.24. The summed E-state index contributed by atoms with van der Waals surface area (Å²) in [6.45, 7) is 3.44. The van der Waals surface area contributed by atoms with Crippen LogP contribution in [0.25, 0.3) is 11.5 Å². The van der Waals surface area contributed by atoms with Crippen molar-refractivity contribution in [3.8, 4) is 17.2 Å². The van der Waals surface area contributed by atoms with Crippen LogP contribution in [0.3, 0.4) is 0 Å². The predicted octanol–water partition coefficient (Wildman–Crippen LogP) is 6.12. The summed E-state index contributed by atoms with van der Waals surface area (Å²) >= 11 is 6.20. The predicted molar refractivity (Wildman–Crippen MR) is 133 cm³/mol. The fraction of sp³-hybridized carbons (Fsp3) is 0.385. The van der Waals surface area contributed by atoms with Gasteiger partial charge in [0.1, 0.15) is 28.9 Å². The normalized spacial score (nSPS) is 18.2. The minimum atomic E-state index is -0.674. The van der Waals surface area contributed by atoms with E-state index in [9.17, 15) is 9.59 Å². The molecule has 0 unspecified atom stereocenters. The topological polar surface area (TPSA) is 113 Å². The number of methoxy groups -OCH3 is 1. The van der Waals surface area contributed by atoms with Gasteiger partial charge in [-0.05, 0) is 57.7 Å².